The second kappa shape index (κ2) is 14.2. The van der Waals surface area contributed by atoms with Gasteiger partial charge in [0.15, 0.2) is 0 Å². The molecule has 0 spiro atoms. The van der Waals surface area contributed by atoms with Gasteiger partial charge in [0, 0.05) is 17.1 Å². The Morgan fingerprint density at radius 1 is 0.854 bits per heavy atom. The van der Waals surface area contributed by atoms with Crippen LogP contribution in [0.5, 0.6) is 0 Å². The fraction of sp³-hybridized carbons (Fsp3) is 0.133. The normalized spacial score (nSPS) is 11.8. The van der Waals surface area contributed by atoms with Gasteiger partial charge in [-0.15, -0.1) is 12.4 Å². The Morgan fingerprint density at radius 2 is 1.54 bits per heavy atom. The Hall–Kier alpha value is -3.73. The van der Waals surface area contributed by atoms with Crippen LogP contribution in [0.4, 0.5) is 5.69 Å². The van der Waals surface area contributed by atoms with Gasteiger partial charge in [0.2, 0.25) is 9.84 Å². The summed E-state index contributed by atoms with van der Waals surface area (Å²) in [6.45, 7) is 0.891. The molecular formula is C30H28Cl2N2O6S. The van der Waals surface area contributed by atoms with Crippen molar-refractivity contribution in [2.24, 2.45) is 0 Å². The number of amides is 1. The Labute approximate surface area is 249 Å². The molecule has 1 atom stereocenters. The fourth-order valence-corrected chi connectivity index (χ4v) is 5.52. The largest absolute Gasteiger partial charge is 0.478 e. The first-order chi connectivity index (χ1) is 19.1. The molecule has 0 radical (unpaired) electrons. The van der Waals surface area contributed by atoms with Gasteiger partial charge in [0.25, 0.3) is 5.91 Å². The Bertz CT molecular complexity index is 1610. The summed E-state index contributed by atoms with van der Waals surface area (Å²) < 4.78 is 26.5. The third kappa shape index (κ3) is 8.16. The lowest BCUT2D eigenvalue weighted by molar-refractivity contribution is 0.0697. The number of carboxylic acid groups (broad SMARTS) is 1. The van der Waals surface area contributed by atoms with Crippen LogP contribution < -0.4 is 10.6 Å². The molecule has 0 saturated carbocycles. The molecule has 4 aromatic carbocycles. The number of carbonyl (C=O) groups is 2. The van der Waals surface area contributed by atoms with E-state index in [2.05, 4.69) is 10.6 Å². The molecule has 0 bridgehead atoms. The highest BCUT2D eigenvalue weighted by Gasteiger charge is 2.22. The van der Waals surface area contributed by atoms with Crippen LogP contribution in [-0.4, -0.2) is 43.6 Å². The first-order valence-electron chi connectivity index (χ1n) is 12.4. The maximum atomic E-state index is 13.2. The lowest BCUT2D eigenvalue weighted by Crippen LogP contribution is -2.23. The van der Waals surface area contributed by atoms with Crippen molar-refractivity contribution in [2.75, 3.05) is 18.4 Å². The average molecular weight is 616 g/mol. The number of nitrogens with one attached hydrogen (secondary N) is 2. The molecule has 0 aliphatic heterocycles. The van der Waals surface area contributed by atoms with E-state index in [-0.39, 0.29) is 33.4 Å². The first-order valence-corrected chi connectivity index (χ1v) is 14.2. The van der Waals surface area contributed by atoms with Crippen LogP contribution in [-0.2, 0) is 16.3 Å². The van der Waals surface area contributed by atoms with Gasteiger partial charge < -0.3 is 20.8 Å². The summed E-state index contributed by atoms with van der Waals surface area (Å²) in [7, 11) is -4.02. The van der Waals surface area contributed by atoms with Gasteiger partial charge >= 0.3 is 5.97 Å². The molecule has 214 valence electrons. The minimum atomic E-state index is -4.02. The van der Waals surface area contributed by atoms with E-state index in [0.717, 1.165) is 11.6 Å². The van der Waals surface area contributed by atoms with Gasteiger partial charge in [-0.3, -0.25) is 4.79 Å². The maximum absolute atomic E-state index is 13.2. The van der Waals surface area contributed by atoms with E-state index in [4.69, 9.17) is 11.6 Å². The molecule has 4 aromatic rings. The summed E-state index contributed by atoms with van der Waals surface area (Å²) in [5.41, 5.74) is 1.58. The third-order valence-corrected chi connectivity index (χ3v) is 8.21. The number of halogens is 2. The molecule has 8 nitrogen and oxygen atoms in total. The predicted octanol–water partition coefficient (Wildman–Crippen LogP) is 5.41. The highest BCUT2D eigenvalue weighted by molar-refractivity contribution is 7.91. The summed E-state index contributed by atoms with van der Waals surface area (Å²) >= 11 is 5.97. The minimum absolute atomic E-state index is 0. The molecule has 4 N–H and O–H groups in total. The predicted molar refractivity (Wildman–Crippen MR) is 160 cm³/mol. The highest BCUT2D eigenvalue weighted by atomic mass is 35.5. The standard InChI is InChI=1S/C30H27ClN2O6S.ClH/c31-23-8-4-7-22(17-23)28(34)19-32-16-15-20-9-11-24(12-10-20)40(38,39)25-13-14-27(26(18-25)30(36)37)33-29(35)21-5-2-1-3-6-21;/h1-14,17-18,28,32,34H,15-16,19H2,(H,33,35)(H,36,37);1H/t28-;/m1./s1. The Balaban J connectivity index is 0.00000462. The van der Waals surface area contributed by atoms with Crippen molar-refractivity contribution in [1.82, 2.24) is 5.32 Å². The molecule has 4 rings (SSSR count). The number of rotatable bonds is 11. The van der Waals surface area contributed by atoms with Gasteiger partial charge in [0.1, 0.15) is 0 Å². The number of aliphatic hydroxyl groups is 1. The third-order valence-electron chi connectivity index (χ3n) is 6.21. The second-order valence-electron chi connectivity index (χ2n) is 9.01. The van der Waals surface area contributed by atoms with Gasteiger partial charge in [-0.2, -0.15) is 0 Å². The molecule has 41 heavy (non-hydrogen) atoms. The zero-order chi connectivity index (χ0) is 28.7. The van der Waals surface area contributed by atoms with E-state index in [1.54, 1.807) is 66.7 Å². The van der Waals surface area contributed by atoms with Gasteiger partial charge in [-0.25, -0.2) is 13.2 Å². The molecule has 0 saturated heterocycles. The van der Waals surface area contributed by atoms with Crippen molar-refractivity contribution in [1.29, 1.82) is 0 Å². The van der Waals surface area contributed by atoms with Gasteiger partial charge in [-0.1, -0.05) is 54.1 Å². The molecule has 0 aliphatic rings. The first kappa shape index (κ1) is 31.8. The van der Waals surface area contributed by atoms with Crippen molar-refractivity contribution < 1.29 is 28.2 Å². The van der Waals surface area contributed by atoms with Crippen molar-refractivity contribution >= 4 is 51.4 Å². The van der Waals surface area contributed by atoms with Crippen molar-refractivity contribution in [3.8, 4) is 0 Å². The van der Waals surface area contributed by atoms with Crippen molar-refractivity contribution in [3.05, 3.63) is 124 Å². The van der Waals surface area contributed by atoms with Crippen LogP contribution in [0.1, 0.15) is 37.9 Å². The van der Waals surface area contributed by atoms with E-state index in [1.165, 1.54) is 24.3 Å². The number of carbonyl (C=O) groups excluding carboxylic acids is 1. The van der Waals surface area contributed by atoms with Crippen molar-refractivity contribution in [2.45, 2.75) is 22.3 Å². The van der Waals surface area contributed by atoms with Gasteiger partial charge in [-0.05, 0) is 78.7 Å². The molecule has 0 heterocycles. The number of anilines is 1. The number of hydrogen-bond donors (Lipinski definition) is 4. The van der Waals surface area contributed by atoms with Crippen LogP contribution in [0.2, 0.25) is 5.02 Å². The summed E-state index contributed by atoms with van der Waals surface area (Å²) in [5, 5.41) is 26.2. The average Bonchev–Trinajstić information content (AvgIpc) is 2.96. The molecule has 11 heteroatoms. The summed E-state index contributed by atoms with van der Waals surface area (Å²) in [5.74, 6) is -1.88. The summed E-state index contributed by atoms with van der Waals surface area (Å²) in [6.07, 6.45) is -0.110. The van der Waals surface area contributed by atoms with Crippen molar-refractivity contribution in [3.63, 3.8) is 0 Å². The summed E-state index contributed by atoms with van der Waals surface area (Å²) in [4.78, 5) is 24.2. The Kier molecular flexibility index (Phi) is 11.0. The molecule has 0 unspecified atom stereocenters. The highest BCUT2D eigenvalue weighted by Crippen LogP contribution is 2.26. The topological polar surface area (TPSA) is 133 Å². The minimum Gasteiger partial charge on any atom is -0.478 e. The van der Waals surface area contributed by atoms with E-state index < -0.39 is 27.8 Å². The maximum Gasteiger partial charge on any atom is 0.337 e. The molecule has 0 fully saturated rings. The molecule has 0 aliphatic carbocycles. The van der Waals surface area contributed by atoms with E-state index in [1.807, 2.05) is 0 Å². The zero-order valence-electron chi connectivity index (χ0n) is 21.7. The Morgan fingerprint density at radius 3 is 2.20 bits per heavy atom. The zero-order valence-corrected chi connectivity index (χ0v) is 24.0. The quantitative estimate of drug-likeness (QED) is 0.166. The van der Waals surface area contributed by atoms with Crippen LogP contribution in [0.15, 0.2) is 107 Å². The summed E-state index contributed by atoms with van der Waals surface area (Å²) in [6, 6.07) is 25.2. The molecule has 1 amide bonds. The second-order valence-corrected chi connectivity index (χ2v) is 11.4. The van der Waals surface area contributed by atoms with Crippen LogP contribution >= 0.6 is 24.0 Å². The number of carboxylic acids is 1. The number of hydrogen-bond acceptors (Lipinski definition) is 6. The van der Waals surface area contributed by atoms with Crippen LogP contribution in [0, 0.1) is 0 Å². The lowest BCUT2D eigenvalue weighted by Gasteiger charge is -2.13. The number of aliphatic hydroxyl groups excluding tert-OH is 1. The monoisotopic (exact) mass is 614 g/mol. The lowest BCUT2D eigenvalue weighted by atomic mass is 10.1. The van der Waals surface area contributed by atoms with Gasteiger partial charge in [0.05, 0.1) is 27.1 Å². The number of benzene rings is 4. The van der Waals surface area contributed by atoms with E-state index >= 15 is 0 Å². The number of sulfone groups is 1. The molecule has 0 aromatic heterocycles. The molecular weight excluding hydrogens is 587 g/mol. The van der Waals surface area contributed by atoms with E-state index in [0.29, 0.717) is 35.7 Å². The number of aromatic carboxylic acids is 1. The van der Waals surface area contributed by atoms with Crippen LogP contribution in [0.25, 0.3) is 0 Å². The smallest absolute Gasteiger partial charge is 0.337 e. The fourth-order valence-electron chi connectivity index (χ4n) is 4.04. The van der Waals surface area contributed by atoms with Crippen LogP contribution in [0.3, 0.4) is 0 Å². The van der Waals surface area contributed by atoms with E-state index in [9.17, 15) is 28.2 Å². The SMILES string of the molecule is Cl.O=C(Nc1ccc(S(=O)(=O)c2ccc(CCNC[C@@H](O)c3cccc(Cl)c3)cc2)cc1C(=O)O)c1ccccc1.